The molecule has 6 heteroatoms. The average Bonchev–Trinajstić information content (AvgIpc) is 2.55. The van der Waals surface area contributed by atoms with Crippen molar-refractivity contribution in [2.24, 2.45) is 11.7 Å². The summed E-state index contributed by atoms with van der Waals surface area (Å²) < 4.78 is 17.6. The molecular formula is C17H30BNO4. The Labute approximate surface area is 140 Å². The molecule has 1 unspecified atom stereocenters. The van der Waals surface area contributed by atoms with Crippen molar-refractivity contribution < 1.29 is 18.8 Å². The highest BCUT2D eigenvalue weighted by Crippen LogP contribution is 2.41. The van der Waals surface area contributed by atoms with Gasteiger partial charge in [-0.05, 0) is 73.2 Å². The lowest BCUT2D eigenvalue weighted by molar-refractivity contribution is -0.160. The number of carbonyl (C=O) groups is 1. The number of nitrogens with two attached hydrogens (primary N) is 1. The smallest absolute Gasteiger partial charge is 0.460 e. The first-order valence-electron chi connectivity index (χ1n) is 8.38. The first-order valence-corrected chi connectivity index (χ1v) is 8.38. The lowest BCUT2D eigenvalue weighted by Crippen LogP contribution is -2.41. The molecule has 0 aromatic carbocycles. The number of rotatable bonds is 2. The monoisotopic (exact) mass is 323 g/mol. The van der Waals surface area contributed by atoms with Crippen LogP contribution in [0.2, 0.25) is 0 Å². The lowest BCUT2D eigenvalue weighted by atomic mass is 9.69. The van der Waals surface area contributed by atoms with E-state index in [0.717, 1.165) is 11.9 Å². The van der Waals surface area contributed by atoms with Crippen LogP contribution in [0.3, 0.4) is 0 Å². The van der Waals surface area contributed by atoms with Crippen molar-refractivity contribution in [1.29, 1.82) is 0 Å². The van der Waals surface area contributed by atoms with Crippen LogP contribution in [0.15, 0.2) is 11.2 Å². The van der Waals surface area contributed by atoms with E-state index in [9.17, 15) is 4.79 Å². The van der Waals surface area contributed by atoms with Gasteiger partial charge in [-0.3, -0.25) is 4.79 Å². The first kappa shape index (κ1) is 18.3. The second kappa shape index (κ2) is 5.81. The zero-order valence-electron chi connectivity index (χ0n) is 15.5. The molecule has 0 amide bonds. The standard InChI is InChI=1S/C17H30BNO4/c1-15(2,3)21-14(20)11-8-9-12(13(19)10-11)18-22-16(4,5)17(6,7)23-18/h11H,8-10,19H2,1-7H3. The number of allylic oxidation sites excluding steroid dienone is 2. The zero-order chi connectivity index (χ0) is 17.6. The third kappa shape index (κ3) is 3.91. The molecule has 1 atom stereocenters. The number of carbonyl (C=O) groups excluding carboxylic acids is 1. The van der Waals surface area contributed by atoms with Gasteiger partial charge in [0.15, 0.2) is 0 Å². The van der Waals surface area contributed by atoms with E-state index in [4.69, 9.17) is 19.8 Å². The summed E-state index contributed by atoms with van der Waals surface area (Å²) in [5, 5.41) is 0. The van der Waals surface area contributed by atoms with E-state index >= 15 is 0 Å². The summed E-state index contributed by atoms with van der Waals surface area (Å²) in [6, 6.07) is 0. The van der Waals surface area contributed by atoms with Gasteiger partial charge in [-0.2, -0.15) is 0 Å². The second-order valence-corrected chi connectivity index (χ2v) is 8.61. The predicted octanol–water partition coefficient (Wildman–Crippen LogP) is 2.97. The predicted molar refractivity (Wildman–Crippen MR) is 90.5 cm³/mol. The van der Waals surface area contributed by atoms with Crippen LogP contribution in [0.5, 0.6) is 0 Å². The summed E-state index contributed by atoms with van der Waals surface area (Å²) in [6.45, 7) is 13.7. The maximum Gasteiger partial charge on any atom is 0.492 e. The lowest BCUT2D eigenvalue weighted by Gasteiger charge is -2.32. The minimum atomic E-state index is -0.471. The van der Waals surface area contributed by atoms with Crippen LogP contribution >= 0.6 is 0 Å². The summed E-state index contributed by atoms with van der Waals surface area (Å²) in [5.74, 6) is -0.353. The highest BCUT2D eigenvalue weighted by atomic mass is 16.7. The minimum Gasteiger partial charge on any atom is -0.460 e. The molecule has 0 aromatic rings. The van der Waals surface area contributed by atoms with Crippen LogP contribution in [0, 0.1) is 5.92 Å². The van der Waals surface area contributed by atoms with E-state index < -0.39 is 12.7 Å². The Morgan fingerprint density at radius 3 is 2.17 bits per heavy atom. The molecule has 1 saturated heterocycles. The number of hydrogen-bond acceptors (Lipinski definition) is 5. The molecule has 2 aliphatic rings. The zero-order valence-corrected chi connectivity index (χ0v) is 15.5. The van der Waals surface area contributed by atoms with Gasteiger partial charge >= 0.3 is 13.1 Å². The van der Waals surface area contributed by atoms with Crippen molar-refractivity contribution in [2.45, 2.75) is 84.5 Å². The quantitative estimate of drug-likeness (QED) is 0.625. The molecule has 0 spiro atoms. The molecular weight excluding hydrogens is 293 g/mol. The van der Waals surface area contributed by atoms with E-state index in [0.29, 0.717) is 18.5 Å². The van der Waals surface area contributed by atoms with Gasteiger partial charge in [0.1, 0.15) is 5.60 Å². The molecule has 130 valence electrons. The first-order chi connectivity index (χ1) is 10.3. The summed E-state index contributed by atoms with van der Waals surface area (Å²) in [6.07, 6.45) is 1.93. The Morgan fingerprint density at radius 2 is 1.74 bits per heavy atom. The molecule has 1 heterocycles. The Morgan fingerprint density at radius 1 is 1.22 bits per heavy atom. The molecule has 2 N–H and O–H groups in total. The SMILES string of the molecule is CC(C)(C)OC(=O)C1CCC(B2OC(C)(C)C(C)(C)O2)=C(N)C1. The van der Waals surface area contributed by atoms with Gasteiger partial charge in [-0.1, -0.05) is 0 Å². The maximum atomic E-state index is 12.2. The average molecular weight is 323 g/mol. The van der Waals surface area contributed by atoms with E-state index in [1.165, 1.54) is 0 Å². The van der Waals surface area contributed by atoms with Crippen molar-refractivity contribution in [1.82, 2.24) is 0 Å². The molecule has 1 fully saturated rings. The van der Waals surface area contributed by atoms with Gasteiger partial charge in [0.2, 0.25) is 0 Å². The molecule has 1 aliphatic heterocycles. The maximum absolute atomic E-state index is 12.2. The highest BCUT2D eigenvalue weighted by molar-refractivity contribution is 6.54. The molecule has 5 nitrogen and oxygen atoms in total. The van der Waals surface area contributed by atoms with Gasteiger partial charge < -0.3 is 19.8 Å². The Hall–Kier alpha value is -1.01. The summed E-state index contributed by atoms with van der Waals surface area (Å²) >= 11 is 0. The molecule has 0 radical (unpaired) electrons. The number of esters is 1. The normalized spacial score (nSPS) is 27.3. The van der Waals surface area contributed by atoms with Gasteiger partial charge in [0.05, 0.1) is 17.1 Å². The Bertz CT molecular complexity index is 503. The van der Waals surface area contributed by atoms with Gasteiger partial charge in [0.25, 0.3) is 0 Å². The molecule has 2 rings (SSSR count). The van der Waals surface area contributed by atoms with Crippen molar-refractivity contribution >= 4 is 13.1 Å². The summed E-state index contributed by atoms with van der Waals surface area (Å²) in [7, 11) is -0.417. The number of hydrogen-bond donors (Lipinski definition) is 1. The van der Waals surface area contributed by atoms with E-state index in [1.807, 2.05) is 48.5 Å². The van der Waals surface area contributed by atoms with Crippen molar-refractivity contribution in [3.05, 3.63) is 11.2 Å². The van der Waals surface area contributed by atoms with Crippen LogP contribution in [0.1, 0.15) is 67.7 Å². The fourth-order valence-corrected chi connectivity index (χ4v) is 2.83. The molecule has 0 saturated carbocycles. The second-order valence-electron chi connectivity index (χ2n) is 8.61. The Kier molecular flexibility index (Phi) is 4.64. The molecule has 0 aromatic heterocycles. The summed E-state index contributed by atoms with van der Waals surface area (Å²) in [5.41, 5.74) is 6.68. The van der Waals surface area contributed by atoms with Crippen LogP contribution in [0.4, 0.5) is 0 Å². The third-order valence-corrected chi connectivity index (χ3v) is 4.92. The molecule has 1 aliphatic carbocycles. The topological polar surface area (TPSA) is 70.8 Å². The van der Waals surface area contributed by atoms with Crippen molar-refractivity contribution in [3.8, 4) is 0 Å². The Balaban J connectivity index is 2.07. The number of ether oxygens (including phenoxy) is 1. The van der Waals surface area contributed by atoms with Gasteiger partial charge in [0, 0.05) is 5.70 Å². The van der Waals surface area contributed by atoms with E-state index in [-0.39, 0.29) is 23.1 Å². The van der Waals surface area contributed by atoms with Crippen LogP contribution in [0.25, 0.3) is 0 Å². The van der Waals surface area contributed by atoms with E-state index in [2.05, 4.69) is 0 Å². The van der Waals surface area contributed by atoms with Crippen LogP contribution in [-0.2, 0) is 18.8 Å². The van der Waals surface area contributed by atoms with Gasteiger partial charge in [-0.25, -0.2) is 0 Å². The van der Waals surface area contributed by atoms with Crippen LogP contribution < -0.4 is 5.73 Å². The highest BCUT2D eigenvalue weighted by Gasteiger charge is 2.53. The molecule has 23 heavy (non-hydrogen) atoms. The fourth-order valence-electron chi connectivity index (χ4n) is 2.83. The fraction of sp³-hybridized carbons (Fsp3) is 0.824. The third-order valence-electron chi connectivity index (χ3n) is 4.92. The summed E-state index contributed by atoms with van der Waals surface area (Å²) in [4.78, 5) is 12.2. The largest absolute Gasteiger partial charge is 0.492 e. The van der Waals surface area contributed by atoms with Crippen molar-refractivity contribution in [3.63, 3.8) is 0 Å². The van der Waals surface area contributed by atoms with Crippen molar-refractivity contribution in [2.75, 3.05) is 0 Å². The van der Waals surface area contributed by atoms with Gasteiger partial charge in [-0.15, -0.1) is 0 Å². The minimum absolute atomic E-state index is 0.173. The molecule has 0 bridgehead atoms. The van der Waals surface area contributed by atoms with E-state index in [1.54, 1.807) is 0 Å². The van der Waals surface area contributed by atoms with Crippen LogP contribution in [-0.4, -0.2) is 29.9 Å².